The Labute approximate surface area is 156 Å². The number of carbonyl (C=O) groups is 1. The SMILES string of the molecule is CC(Nc1nc2ccccc2s1)C(=O)NCCSCc1ccccc1. The van der Waals surface area contributed by atoms with Crippen LogP contribution in [0.15, 0.2) is 54.6 Å². The van der Waals surface area contributed by atoms with Crippen LogP contribution < -0.4 is 10.6 Å². The summed E-state index contributed by atoms with van der Waals surface area (Å²) in [6.07, 6.45) is 0. The number of thioether (sulfide) groups is 1. The van der Waals surface area contributed by atoms with Gasteiger partial charge in [0.1, 0.15) is 6.04 Å². The zero-order chi connectivity index (χ0) is 17.5. The van der Waals surface area contributed by atoms with Gasteiger partial charge in [-0.15, -0.1) is 0 Å². The molecule has 1 heterocycles. The maximum atomic E-state index is 12.2. The third-order valence-electron chi connectivity index (χ3n) is 3.68. The van der Waals surface area contributed by atoms with Gasteiger partial charge >= 0.3 is 0 Å². The molecule has 0 saturated heterocycles. The molecule has 0 aliphatic heterocycles. The molecule has 0 spiro atoms. The van der Waals surface area contributed by atoms with Crippen LogP contribution in [0.5, 0.6) is 0 Å². The van der Waals surface area contributed by atoms with Crippen LogP contribution in [-0.4, -0.2) is 29.2 Å². The van der Waals surface area contributed by atoms with E-state index in [1.165, 1.54) is 5.56 Å². The summed E-state index contributed by atoms with van der Waals surface area (Å²) in [5, 5.41) is 6.94. The van der Waals surface area contributed by atoms with Gasteiger partial charge in [-0.1, -0.05) is 53.8 Å². The summed E-state index contributed by atoms with van der Waals surface area (Å²) in [7, 11) is 0. The number of rotatable bonds is 8. The lowest BCUT2D eigenvalue weighted by molar-refractivity contribution is -0.121. The van der Waals surface area contributed by atoms with Crippen molar-refractivity contribution in [3.05, 3.63) is 60.2 Å². The Bertz CT molecular complexity index is 787. The van der Waals surface area contributed by atoms with Crippen molar-refractivity contribution in [3.63, 3.8) is 0 Å². The molecule has 3 aromatic rings. The average molecular weight is 372 g/mol. The molecule has 3 rings (SSSR count). The number of nitrogens with zero attached hydrogens (tertiary/aromatic N) is 1. The second kappa shape index (κ2) is 8.87. The van der Waals surface area contributed by atoms with Gasteiger partial charge in [-0.05, 0) is 24.6 Å². The first-order valence-electron chi connectivity index (χ1n) is 8.24. The van der Waals surface area contributed by atoms with E-state index < -0.39 is 0 Å². The number of para-hydroxylation sites is 1. The maximum Gasteiger partial charge on any atom is 0.242 e. The van der Waals surface area contributed by atoms with Crippen LogP contribution in [0.4, 0.5) is 5.13 Å². The third kappa shape index (κ3) is 5.21. The van der Waals surface area contributed by atoms with E-state index in [1.807, 2.05) is 61.2 Å². The van der Waals surface area contributed by atoms with Crippen LogP contribution in [0.3, 0.4) is 0 Å². The van der Waals surface area contributed by atoms with E-state index in [-0.39, 0.29) is 11.9 Å². The fraction of sp³-hybridized carbons (Fsp3) is 0.263. The van der Waals surface area contributed by atoms with Gasteiger partial charge in [0.25, 0.3) is 0 Å². The second-order valence-corrected chi connectivity index (χ2v) is 7.82. The Balaban J connectivity index is 1.38. The number of nitrogens with one attached hydrogen (secondary N) is 2. The van der Waals surface area contributed by atoms with Crippen molar-refractivity contribution < 1.29 is 4.79 Å². The van der Waals surface area contributed by atoms with E-state index in [0.717, 1.165) is 26.9 Å². The molecule has 25 heavy (non-hydrogen) atoms. The van der Waals surface area contributed by atoms with E-state index in [0.29, 0.717) is 6.54 Å². The zero-order valence-corrected chi connectivity index (χ0v) is 15.7. The van der Waals surface area contributed by atoms with E-state index >= 15 is 0 Å². The molecule has 0 aliphatic rings. The molecular weight excluding hydrogens is 350 g/mol. The molecule has 1 unspecified atom stereocenters. The van der Waals surface area contributed by atoms with Gasteiger partial charge < -0.3 is 10.6 Å². The first kappa shape index (κ1) is 17.8. The minimum absolute atomic E-state index is 0.000401. The van der Waals surface area contributed by atoms with Crippen molar-refractivity contribution in [2.75, 3.05) is 17.6 Å². The number of aromatic nitrogens is 1. The maximum absolute atomic E-state index is 12.2. The van der Waals surface area contributed by atoms with Crippen molar-refractivity contribution in [1.29, 1.82) is 0 Å². The Morgan fingerprint density at radius 1 is 1.16 bits per heavy atom. The Hall–Kier alpha value is -2.05. The highest BCUT2D eigenvalue weighted by Crippen LogP contribution is 2.25. The van der Waals surface area contributed by atoms with Crippen molar-refractivity contribution >= 4 is 44.4 Å². The molecular formula is C19H21N3OS2. The normalized spacial score (nSPS) is 12.0. The summed E-state index contributed by atoms with van der Waals surface area (Å²) in [4.78, 5) is 16.7. The number of benzene rings is 2. The summed E-state index contributed by atoms with van der Waals surface area (Å²) in [6, 6.07) is 18.0. The average Bonchev–Trinajstić information content (AvgIpc) is 3.04. The molecule has 0 bridgehead atoms. The molecule has 2 N–H and O–H groups in total. The Kier molecular flexibility index (Phi) is 6.30. The van der Waals surface area contributed by atoms with Crippen LogP contribution in [0, 0.1) is 0 Å². The molecule has 0 fully saturated rings. The van der Waals surface area contributed by atoms with Crippen molar-refractivity contribution in [3.8, 4) is 0 Å². The number of anilines is 1. The summed E-state index contributed by atoms with van der Waals surface area (Å²) in [6.45, 7) is 2.53. The highest BCUT2D eigenvalue weighted by atomic mass is 32.2. The van der Waals surface area contributed by atoms with Gasteiger partial charge in [-0.3, -0.25) is 4.79 Å². The lowest BCUT2D eigenvalue weighted by Gasteiger charge is -2.13. The minimum Gasteiger partial charge on any atom is -0.353 e. The summed E-state index contributed by atoms with van der Waals surface area (Å²) in [5.41, 5.74) is 2.27. The molecule has 0 saturated carbocycles. The molecule has 0 radical (unpaired) electrons. The summed E-state index contributed by atoms with van der Waals surface area (Å²) >= 11 is 3.39. The van der Waals surface area contributed by atoms with Crippen LogP contribution in [0.2, 0.25) is 0 Å². The molecule has 1 aromatic heterocycles. The molecule has 0 aliphatic carbocycles. The van der Waals surface area contributed by atoms with E-state index in [2.05, 4.69) is 27.8 Å². The standard InChI is InChI=1S/C19H21N3OS2/c1-14(21-19-22-16-9-5-6-10-17(16)25-19)18(23)20-11-12-24-13-15-7-3-2-4-8-15/h2-10,14H,11-13H2,1H3,(H,20,23)(H,21,22). The van der Waals surface area contributed by atoms with Crippen molar-refractivity contribution in [2.24, 2.45) is 0 Å². The summed E-state index contributed by atoms with van der Waals surface area (Å²) in [5.74, 6) is 1.87. The van der Waals surface area contributed by atoms with E-state index in [9.17, 15) is 4.79 Å². The lowest BCUT2D eigenvalue weighted by Crippen LogP contribution is -2.38. The third-order valence-corrected chi connectivity index (χ3v) is 5.68. The highest BCUT2D eigenvalue weighted by Gasteiger charge is 2.14. The van der Waals surface area contributed by atoms with Crippen LogP contribution in [-0.2, 0) is 10.5 Å². The van der Waals surface area contributed by atoms with Crippen molar-refractivity contribution in [1.82, 2.24) is 10.3 Å². The van der Waals surface area contributed by atoms with Gasteiger partial charge in [-0.2, -0.15) is 11.8 Å². The molecule has 6 heteroatoms. The van der Waals surface area contributed by atoms with Gasteiger partial charge in [0, 0.05) is 18.1 Å². The van der Waals surface area contributed by atoms with Crippen molar-refractivity contribution in [2.45, 2.75) is 18.7 Å². The van der Waals surface area contributed by atoms with Crippen LogP contribution >= 0.6 is 23.1 Å². The van der Waals surface area contributed by atoms with Gasteiger partial charge in [0.2, 0.25) is 5.91 Å². The number of amides is 1. The molecule has 130 valence electrons. The largest absolute Gasteiger partial charge is 0.353 e. The number of carbonyl (C=O) groups excluding carboxylic acids is 1. The Morgan fingerprint density at radius 2 is 1.92 bits per heavy atom. The smallest absolute Gasteiger partial charge is 0.242 e. The monoisotopic (exact) mass is 371 g/mol. The first-order chi connectivity index (χ1) is 12.2. The first-order valence-corrected chi connectivity index (χ1v) is 10.2. The molecule has 4 nitrogen and oxygen atoms in total. The summed E-state index contributed by atoms with van der Waals surface area (Å²) < 4.78 is 1.12. The fourth-order valence-corrected chi connectivity index (χ4v) is 4.12. The lowest BCUT2D eigenvalue weighted by atomic mass is 10.2. The molecule has 1 amide bonds. The predicted octanol–water partition coefficient (Wildman–Crippen LogP) is 4.15. The van der Waals surface area contributed by atoms with Crippen LogP contribution in [0.25, 0.3) is 10.2 Å². The molecule has 1 atom stereocenters. The van der Waals surface area contributed by atoms with E-state index in [4.69, 9.17) is 0 Å². The predicted molar refractivity (Wildman–Crippen MR) is 108 cm³/mol. The Morgan fingerprint density at radius 3 is 2.72 bits per heavy atom. The number of fused-ring (bicyclic) bond motifs is 1. The van der Waals surface area contributed by atoms with Gasteiger partial charge in [-0.25, -0.2) is 4.98 Å². The second-order valence-electron chi connectivity index (χ2n) is 5.68. The number of thiazole rings is 1. The fourth-order valence-electron chi connectivity index (χ4n) is 2.35. The number of hydrogen-bond acceptors (Lipinski definition) is 5. The topological polar surface area (TPSA) is 54.0 Å². The molecule has 2 aromatic carbocycles. The quantitative estimate of drug-likeness (QED) is 0.584. The minimum atomic E-state index is -0.306. The number of hydrogen-bond donors (Lipinski definition) is 2. The highest BCUT2D eigenvalue weighted by molar-refractivity contribution is 7.98. The van der Waals surface area contributed by atoms with Crippen LogP contribution in [0.1, 0.15) is 12.5 Å². The zero-order valence-electron chi connectivity index (χ0n) is 14.1. The van der Waals surface area contributed by atoms with Gasteiger partial charge in [0.05, 0.1) is 10.2 Å². The van der Waals surface area contributed by atoms with Gasteiger partial charge in [0.15, 0.2) is 5.13 Å². The van der Waals surface area contributed by atoms with E-state index in [1.54, 1.807) is 11.3 Å².